The first-order valence-corrected chi connectivity index (χ1v) is 8.80. The Morgan fingerprint density at radius 1 is 1.12 bits per heavy atom. The van der Waals surface area contributed by atoms with Crippen molar-refractivity contribution in [3.05, 3.63) is 29.8 Å². The van der Waals surface area contributed by atoms with E-state index in [1.807, 2.05) is 6.92 Å². The van der Waals surface area contributed by atoms with Crippen molar-refractivity contribution in [3.8, 4) is 0 Å². The number of rotatable bonds is 3. The van der Waals surface area contributed by atoms with Gasteiger partial charge in [-0.25, -0.2) is 8.42 Å². The van der Waals surface area contributed by atoms with E-state index in [9.17, 15) is 13.0 Å². The normalized spacial score (nSPS) is 10.9. The Labute approximate surface area is 107 Å². The zero-order valence-corrected chi connectivity index (χ0v) is 12.4. The average molecular weight is 276 g/mol. The maximum Gasteiger partial charge on any atom is 0.124 e. The molecule has 0 aliphatic carbocycles. The van der Waals surface area contributed by atoms with E-state index in [0.29, 0.717) is 10.9 Å². The third-order valence-corrected chi connectivity index (χ3v) is 5.12. The van der Waals surface area contributed by atoms with Gasteiger partial charge in [0, 0.05) is 0 Å². The molecule has 17 heavy (non-hydrogen) atoms. The lowest BCUT2D eigenvalue weighted by Crippen LogP contribution is -2.02. The minimum Gasteiger partial charge on any atom is -0.744 e. The van der Waals surface area contributed by atoms with Gasteiger partial charge in [-0.2, -0.15) is 0 Å². The molecule has 0 fully saturated rings. The van der Waals surface area contributed by atoms with Gasteiger partial charge in [0.15, 0.2) is 0 Å². The molecule has 0 radical (unpaired) electrons. The summed E-state index contributed by atoms with van der Waals surface area (Å²) in [4.78, 5) is -0.178. The van der Waals surface area contributed by atoms with Crippen molar-refractivity contribution in [2.75, 3.05) is 17.8 Å². The summed E-state index contributed by atoms with van der Waals surface area (Å²) in [6, 6.07) is 5.78. The molecular formula is C12H20O3S2. The first-order valence-electron chi connectivity index (χ1n) is 5.43. The van der Waals surface area contributed by atoms with Gasteiger partial charge in [-0.05, 0) is 43.8 Å². The summed E-state index contributed by atoms with van der Waals surface area (Å²) in [5.41, 5.74) is 0.928. The zero-order valence-electron chi connectivity index (χ0n) is 10.8. The Kier molecular flexibility index (Phi) is 7.50. The lowest BCUT2D eigenvalue weighted by Gasteiger charge is -2.05. The van der Waals surface area contributed by atoms with Crippen LogP contribution in [0.2, 0.25) is 0 Å². The van der Waals surface area contributed by atoms with E-state index in [0.717, 1.165) is 5.56 Å². The van der Waals surface area contributed by atoms with Gasteiger partial charge in [0.2, 0.25) is 0 Å². The summed E-state index contributed by atoms with van der Waals surface area (Å²) in [5.74, 6) is 2.72. The molecule has 1 aromatic rings. The van der Waals surface area contributed by atoms with Crippen LogP contribution in [0, 0.1) is 6.92 Å². The standard InChI is InChI=1S/C7H8O3S.C5H13S/c1-6-2-4-7(5-3-6)11(8,9)10;1-4-6(3)5-2/h2-5H,1H3,(H,8,9,10);4-5H2,1-3H3/q;+1/p-1. The third-order valence-electron chi connectivity index (χ3n) is 2.30. The zero-order chi connectivity index (χ0) is 13.5. The Morgan fingerprint density at radius 2 is 1.53 bits per heavy atom. The first-order chi connectivity index (χ1) is 7.81. The van der Waals surface area contributed by atoms with Crippen LogP contribution in [-0.4, -0.2) is 30.7 Å². The van der Waals surface area contributed by atoms with Crippen LogP contribution in [0.25, 0.3) is 0 Å². The molecule has 0 aliphatic rings. The fourth-order valence-electron chi connectivity index (χ4n) is 0.909. The van der Waals surface area contributed by atoms with Gasteiger partial charge in [0.1, 0.15) is 21.6 Å². The largest absolute Gasteiger partial charge is 0.744 e. The summed E-state index contributed by atoms with van der Waals surface area (Å²) in [5, 5.41) is 0. The number of hydrogen-bond donors (Lipinski definition) is 0. The van der Waals surface area contributed by atoms with Crippen molar-refractivity contribution in [2.45, 2.75) is 25.7 Å². The van der Waals surface area contributed by atoms with Crippen LogP contribution in [0.15, 0.2) is 29.2 Å². The maximum atomic E-state index is 10.4. The second-order valence-corrected chi connectivity index (χ2v) is 7.72. The molecule has 0 aliphatic heterocycles. The second kappa shape index (κ2) is 7.74. The van der Waals surface area contributed by atoms with Crippen LogP contribution in [0.1, 0.15) is 19.4 Å². The van der Waals surface area contributed by atoms with Gasteiger partial charge in [-0.15, -0.1) is 0 Å². The molecule has 3 nitrogen and oxygen atoms in total. The molecule has 0 spiro atoms. The van der Waals surface area contributed by atoms with E-state index in [4.69, 9.17) is 0 Å². The lowest BCUT2D eigenvalue weighted by atomic mass is 10.2. The predicted molar refractivity (Wildman–Crippen MR) is 73.5 cm³/mol. The van der Waals surface area contributed by atoms with Crippen molar-refractivity contribution < 1.29 is 13.0 Å². The SMILES string of the molecule is CC[S+](C)CC.Cc1ccc(S(=O)(=O)[O-])cc1. The monoisotopic (exact) mass is 276 g/mol. The number of benzene rings is 1. The van der Waals surface area contributed by atoms with Gasteiger partial charge in [0.05, 0.1) is 11.2 Å². The van der Waals surface area contributed by atoms with Gasteiger partial charge >= 0.3 is 0 Å². The molecule has 0 heterocycles. The van der Waals surface area contributed by atoms with Crippen molar-refractivity contribution in [3.63, 3.8) is 0 Å². The first kappa shape index (κ1) is 16.5. The fourth-order valence-corrected chi connectivity index (χ4v) is 1.79. The van der Waals surface area contributed by atoms with Crippen LogP contribution >= 0.6 is 0 Å². The molecule has 0 amide bonds. The van der Waals surface area contributed by atoms with Gasteiger partial charge in [-0.3, -0.25) is 0 Å². The highest BCUT2D eigenvalue weighted by Crippen LogP contribution is 2.08. The minimum absolute atomic E-state index is 0.178. The van der Waals surface area contributed by atoms with Crippen LogP contribution in [0.4, 0.5) is 0 Å². The third kappa shape index (κ3) is 7.41. The van der Waals surface area contributed by atoms with E-state index < -0.39 is 10.1 Å². The maximum absolute atomic E-state index is 10.4. The number of hydrogen-bond acceptors (Lipinski definition) is 3. The molecule has 0 bridgehead atoms. The summed E-state index contributed by atoms with van der Waals surface area (Å²) >= 11 is 0. The molecule has 0 atom stereocenters. The second-order valence-electron chi connectivity index (χ2n) is 3.63. The molecule has 0 aromatic heterocycles. The highest BCUT2D eigenvalue weighted by molar-refractivity contribution is 7.96. The van der Waals surface area contributed by atoms with Crippen molar-refractivity contribution >= 4 is 21.0 Å². The van der Waals surface area contributed by atoms with Crippen LogP contribution in [0.3, 0.4) is 0 Å². The highest BCUT2D eigenvalue weighted by Gasteiger charge is 1.98. The molecule has 98 valence electrons. The molecule has 1 rings (SSSR count). The van der Waals surface area contributed by atoms with Crippen molar-refractivity contribution in [1.29, 1.82) is 0 Å². The van der Waals surface area contributed by atoms with E-state index in [2.05, 4.69) is 20.1 Å². The summed E-state index contributed by atoms with van der Waals surface area (Å²) in [6.45, 7) is 6.31. The molecule has 0 saturated heterocycles. The molecule has 5 heteroatoms. The number of aryl methyl sites for hydroxylation is 1. The molecule has 0 N–H and O–H groups in total. The molecular weight excluding hydrogens is 256 g/mol. The van der Waals surface area contributed by atoms with Crippen molar-refractivity contribution in [1.82, 2.24) is 0 Å². The Bertz CT molecular complexity index is 406. The topological polar surface area (TPSA) is 57.2 Å². The van der Waals surface area contributed by atoms with E-state index in [1.165, 1.54) is 23.6 Å². The van der Waals surface area contributed by atoms with Crippen LogP contribution < -0.4 is 0 Å². The summed E-state index contributed by atoms with van der Waals surface area (Å²) < 4.78 is 31.2. The van der Waals surface area contributed by atoms with Crippen molar-refractivity contribution in [2.24, 2.45) is 0 Å². The smallest absolute Gasteiger partial charge is 0.124 e. The lowest BCUT2D eigenvalue weighted by molar-refractivity contribution is 0.463. The van der Waals surface area contributed by atoms with E-state index in [1.54, 1.807) is 12.1 Å². The Balaban J connectivity index is 0.000000366. The van der Waals surface area contributed by atoms with Gasteiger partial charge in [-0.1, -0.05) is 17.7 Å². The molecule has 1 aromatic carbocycles. The summed E-state index contributed by atoms with van der Waals surface area (Å²) in [6.07, 6.45) is 2.31. The summed E-state index contributed by atoms with van der Waals surface area (Å²) in [7, 11) is -3.55. The Hall–Kier alpha value is -0.520. The Morgan fingerprint density at radius 3 is 1.76 bits per heavy atom. The minimum atomic E-state index is -4.27. The molecule has 0 saturated carbocycles. The average Bonchev–Trinajstić information content (AvgIpc) is 2.28. The van der Waals surface area contributed by atoms with Crippen LogP contribution in [-0.2, 0) is 21.0 Å². The van der Waals surface area contributed by atoms with Gasteiger partial charge in [0.25, 0.3) is 0 Å². The molecule has 0 unspecified atom stereocenters. The quantitative estimate of drug-likeness (QED) is 0.628. The van der Waals surface area contributed by atoms with E-state index in [-0.39, 0.29) is 4.90 Å². The highest BCUT2D eigenvalue weighted by atomic mass is 32.2. The van der Waals surface area contributed by atoms with E-state index >= 15 is 0 Å². The van der Waals surface area contributed by atoms with Crippen LogP contribution in [0.5, 0.6) is 0 Å². The predicted octanol–water partition coefficient (Wildman–Crippen LogP) is 2.17. The fraction of sp³-hybridized carbons (Fsp3) is 0.500. The van der Waals surface area contributed by atoms with Gasteiger partial charge < -0.3 is 4.55 Å².